The summed E-state index contributed by atoms with van der Waals surface area (Å²) in [6, 6.07) is 0. The van der Waals surface area contributed by atoms with E-state index >= 15 is 0 Å². The molecule has 2 aliphatic heterocycles. The largest absolute Gasteiger partial charge is 0.314 e. The Morgan fingerprint density at radius 3 is 2.65 bits per heavy atom. The Hall–Kier alpha value is -0.570. The maximum Gasteiger partial charge on any atom is 0.150 e. The molecule has 0 aliphatic carbocycles. The molecule has 1 atom stereocenters. The number of hydrogen-bond donors (Lipinski definition) is 1. The molecule has 2 rings (SSSR count). The Bertz CT molecular complexity index is 402. The van der Waals surface area contributed by atoms with Crippen molar-refractivity contribution in [2.45, 2.75) is 12.8 Å². The lowest BCUT2D eigenvalue weighted by Gasteiger charge is -2.24. The third-order valence-electron chi connectivity index (χ3n) is 3.35. The number of nitrogens with one attached hydrogen (secondary N) is 1. The SMILES string of the molecule is O=S1(=O)CCC(CC#CCN2CCNCC2)C1. The summed E-state index contributed by atoms with van der Waals surface area (Å²) in [4.78, 5) is 2.33. The molecule has 96 valence electrons. The summed E-state index contributed by atoms with van der Waals surface area (Å²) in [5.41, 5.74) is 0. The maximum absolute atomic E-state index is 11.3. The van der Waals surface area contributed by atoms with Crippen LogP contribution in [0.5, 0.6) is 0 Å². The molecule has 2 saturated heterocycles. The van der Waals surface area contributed by atoms with E-state index in [-0.39, 0.29) is 5.92 Å². The highest BCUT2D eigenvalue weighted by Crippen LogP contribution is 2.20. The molecular formula is C12H20N2O2S. The Morgan fingerprint density at radius 2 is 2.00 bits per heavy atom. The van der Waals surface area contributed by atoms with Gasteiger partial charge in [0, 0.05) is 32.6 Å². The average molecular weight is 256 g/mol. The van der Waals surface area contributed by atoms with Crippen LogP contribution >= 0.6 is 0 Å². The summed E-state index contributed by atoms with van der Waals surface area (Å²) in [6.45, 7) is 5.03. The molecule has 0 radical (unpaired) electrons. The molecule has 4 nitrogen and oxygen atoms in total. The Kier molecular flexibility index (Phi) is 4.43. The van der Waals surface area contributed by atoms with Gasteiger partial charge in [0.1, 0.15) is 0 Å². The lowest BCUT2D eigenvalue weighted by molar-refractivity contribution is 0.268. The van der Waals surface area contributed by atoms with E-state index in [1.54, 1.807) is 0 Å². The fourth-order valence-corrected chi connectivity index (χ4v) is 4.15. The second-order valence-electron chi connectivity index (χ2n) is 4.85. The first kappa shape index (κ1) is 12.9. The maximum atomic E-state index is 11.3. The molecule has 17 heavy (non-hydrogen) atoms. The van der Waals surface area contributed by atoms with Crippen molar-refractivity contribution in [3.8, 4) is 11.8 Å². The minimum absolute atomic E-state index is 0.274. The summed E-state index contributed by atoms with van der Waals surface area (Å²) in [5, 5.41) is 3.30. The van der Waals surface area contributed by atoms with Crippen molar-refractivity contribution >= 4 is 9.84 Å². The number of piperazine rings is 1. The predicted octanol–water partition coefficient (Wildman–Crippen LogP) is -0.280. The third-order valence-corrected chi connectivity index (χ3v) is 5.19. The van der Waals surface area contributed by atoms with Crippen molar-refractivity contribution in [3.05, 3.63) is 0 Å². The van der Waals surface area contributed by atoms with Gasteiger partial charge in [-0.3, -0.25) is 4.90 Å². The Balaban J connectivity index is 1.68. The van der Waals surface area contributed by atoms with E-state index in [0.29, 0.717) is 11.5 Å². The zero-order valence-electron chi connectivity index (χ0n) is 10.1. The molecule has 1 N–H and O–H groups in total. The molecular weight excluding hydrogens is 236 g/mol. The molecule has 2 fully saturated rings. The molecule has 5 heteroatoms. The van der Waals surface area contributed by atoms with Crippen molar-refractivity contribution < 1.29 is 8.42 Å². The van der Waals surface area contributed by atoms with Gasteiger partial charge in [-0.05, 0) is 12.3 Å². The number of rotatable bonds is 2. The van der Waals surface area contributed by atoms with Crippen LogP contribution < -0.4 is 5.32 Å². The van der Waals surface area contributed by atoms with Crippen LogP contribution in [0.4, 0.5) is 0 Å². The van der Waals surface area contributed by atoms with Crippen molar-refractivity contribution in [1.82, 2.24) is 10.2 Å². The van der Waals surface area contributed by atoms with Crippen LogP contribution in [-0.2, 0) is 9.84 Å². The van der Waals surface area contributed by atoms with Crippen LogP contribution in [0.2, 0.25) is 0 Å². The van der Waals surface area contributed by atoms with E-state index < -0.39 is 9.84 Å². The lowest BCUT2D eigenvalue weighted by atomic mass is 10.1. The molecule has 0 spiro atoms. The molecule has 2 heterocycles. The highest BCUT2D eigenvalue weighted by molar-refractivity contribution is 7.91. The molecule has 0 aromatic heterocycles. The summed E-state index contributed by atoms with van der Waals surface area (Å²) < 4.78 is 22.5. The average Bonchev–Trinajstić information content (AvgIpc) is 2.66. The van der Waals surface area contributed by atoms with Gasteiger partial charge >= 0.3 is 0 Å². The fourth-order valence-electron chi connectivity index (χ4n) is 2.29. The van der Waals surface area contributed by atoms with Gasteiger partial charge in [-0.2, -0.15) is 0 Å². The van der Waals surface area contributed by atoms with Crippen LogP contribution in [0, 0.1) is 17.8 Å². The standard InChI is InChI=1S/C12H20N2O2S/c15-17(16)10-4-12(11-17)3-1-2-7-14-8-5-13-6-9-14/h12-13H,3-11H2. The molecule has 0 aromatic carbocycles. The van der Waals surface area contributed by atoms with Crippen molar-refractivity contribution in [2.75, 3.05) is 44.2 Å². The van der Waals surface area contributed by atoms with Gasteiger partial charge in [0.15, 0.2) is 9.84 Å². The molecule has 0 saturated carbocycles. The van der Waals surface area contributed by atoms with E-state index in [0.717, 1.165) is 45.6 Å². The number of sulfone groups is 1. The Labute approximate surface area is 104 Å². The minimum Gasteiger partial charge on any atom is -0.314 e. The Morgan fingerprint density at radius 1 is 1.24 bits per heavy atom. The predicted molar refractivity (Wildman–Crippen MR) is 68.5 cm³/mol. The van der Waals surface area contributed by atoms with E-state index in [2.05, 4.69) is 22.1 Å². The van der Waals surface area contributed by atoms with Crippen molar-refractivity contribution in [1.29, 1.82) is 0 Å². The second-order valence-corrected chi connectivity index (χ2v) is 7.08. The first-order valence-electron chi connectivity index (χ1n) is 6.25. The van der Waals surface area contributed by atoms with Crippen LogP contribution in [0.1, 0.15) is 12.8 Å². The summed E-state index contributed by atoms with van der Waals surface area (Å²) in [6.07, 6.45) is 1.54. The first-order chi connectivity index (χ1) is 8.16. The normalized spacial score (nSPS) is 28.6. The molecule has 1 unspecified atom stereocenters. The van der Waals surface area contributed by atoms with Crippen molar-refractivity contribution in [2.24, 2.45) is 5.92 Å². The minimum atomic E-state index is -2.74. The van der Waals surface area contributed by atoms with Gasteiger partial charge in [0.05, 0.1) is 18.1 Å². The monoisotopic (exact) mass is 256 g/mol. The zero-order chi connectivity index (χ0) is 12.1. The highest BCUT2D eigenvalue weighted by atomic mass is 32.2. The fraction of sp³-hybridized carbons (Fsp3) is 0.833. The smallest absolute Gasteiger partial charge is 0.150 e. The van der Waals surface area contributed by atoms with Crippen molar-refractivity contribution in [3.63, 3.8) is 0 Å². The zero-order valence-corrected chi connectivity index (χ0v) is 10.9. The van der Waals surface area contributed by atoms with Gasteiger partial charge in [0.25, 0.3) is 0 Å². The van der Waals surface area contributed by atoms with Crippen LogP contribution in [0.25, 0.3) is 0 Å². The summed E-state index contributed by atoms with van der Waals surface area (Å²) >= 11 is 0. The van der Waals surface area contributed by atoms with Crippen LogP contribution in [0.15, 0.2) is 0 Å². The van der Waals surface area contributed by atoms with Gasteiger partial charge < -0.3 is 5.32 Å². The van der Waals surface area contributed by atoms with Gasteiger partial charge in [0.2, 0.25) is 0 Å². The molecule has 2 aliphatic rings. The number of hydrogen-bond acceptors (Lipinski definition) is 4. The molecule has 0 aromatic rings. The van der Waals surface area contributed by atoms with E-state index in [1.165, 1.54) is 0 Å². The van der Waals surface area contributed by atoms with E-state index in [4.69, 9.17) is 0 Å². The van der Waals surface area contributed by atoms with E-state index in [9.17, 15) is 8.42 Å². The third kappa shape index (κ3) is 4.30. The molecule has 0 amide bonds. The topological polar surface area (TPSA) is 49.4 Å². The summed E-state index contributed by atoms with van der Waals surface area (Å²) in [5.74, 6) is 7.27. The van der Waals surface area contributed by atoms with Crippen LogP contribution in [-0.4, -0.2) is 57.5 Å². The van der Waals surface area contributed by atoms with Gasteiger partial charge in [-0.15, -0.1) is 5.92 Å². The van der Waals surface area contributed by atoms with E-state index in [1.807, 2.05) is 0 Å². The quantitative estimate of drug-likeness (QED) is 0.690. The second kappa shape index (κ2) is 5.85. The van der Waals surface area contributed by atoms with Crippen LogP contribution in [0.3, 0.4) is 0 Å². The summed E-state index contributed by atoms with van der Waals surface area (Å²) in [7, 11) is -2.74. The highest BCUT2D eigenvalue weighted by Gasteiger charge is 2.26. The lowest BCUT2D eigenvalue weighted by Crippen LogP contribution is -2.43. The first-order valence-corrected chi connectivity index (χ1v) is 8.07. The number of nitrogens with zero attached hydrogens (tertiary/aromatic N) is 1. The molecule has 0 bridgehead atoms. The van der Waals surface area contributed by atoms with Gasteiger partial charge in [-0.25, -0.2) is 8.42 Å². The van der Waals surface area contributed by atoms with Gasteiger partial charge in [-0.1, -0.05) is 5.92 Å².